The molecule has 1 amide bonds. The van der Waals surface area contributed by atoms with Crippen LogP contribution in [-0.4, -0.2) is 35.7 Å². The minimum Gasteiger partial charge on any atom is -0.396 e. The molecule has 0 saturated carbocycles. The van der Waals surface area contributed by atoms with Crippen molar-refractivity contribution in [3.8, 4) is 0 Å². The van der Waals surface area contributed by atoms with E-state index in [1.54, 1.807) is 13.1 Å². The minimum absolute atomic E-state index is 0.00460. The zero-order chi connectivity index (χ0) is 13.7. The fraction of sp³-hybridized carbons (Fsp3) is 0.500. The normalized spacial score (nSPS) is 13.8. The molecule has 1 aromatic heterocycles. The van der Waals surface area contributed by atoms with E-state index in [4.69, 9.17) is 16.7 Å². The second-order valence-electron chi connectivity index (χ2n) is 4.24. The summed E-state index contributed by atoms with van der Waals surface area (Å²) in [7, 11) is 1.71. The third kappa shape index (κ3) is 3.85. The number of nitrogens with zero attached hydrogens (tertiary/aromatic N) is 1. The SMILES string of the molecule is CNc1cc(C(=O)NC(C)C(C)CO)cc(Cl)n1. The number of nitrogens with one attached hydrogen (secondary N) is 2. The Kier molecular flexibility index (Phi) is 5.37. The number of amides is 1. The van der Waals surface area contributed by atoms with Gasteiger partial charge < -0.3 is 15.7 Å². The van der Waals surface area contributed by atoms with E-state index in [0.29, 0.717) is 11.4 Å². The molecule has 1 aromatic rings. The van der Waals surface area contributed by atoms with E-state index >= 15 is 0 Å². The summed E-state index contributed by atoms with van der Waals surface area (Å²) in [5.41, 5.74) is 0.441. The molecule has 2 unspecified atom stereocenters. The van der Waals surface area contributed by atoms with E-state index in [1.165, 1.54) is 6.07 Å². The zero-order valence-electron chi connectivity index (χ0n) is 10.7. The van der Waals surface area contributed by atoms with Crippen LogP contribution in [0, 0.1) is 5.92 Å². The number of rotatable bonds is 5. The minimum atomic E-state index is -0.233. The first-order chi connectivity index (χ1) is 8.47. The summed E-state index contributed by atoms with van der Waals surface area (Å²) in [6.45, 7) is 3.74. The molecular weight excluding hydrogens is 254 g/mol. The molecule has 0 saturated heterocycles. The van der Waals surface area contributed by atoms with Crippen molar-refractivity contribution in [2.45, 2.75) is 19.9 Å². The number of aliphatic hydroxyl groups excluding tert-OH is 1. The quantitative estimate of drug-likeness (QED) is 0.710. The van der Waals surface area contributed by atoms with Crippen molar-refractivity contribution in [1.82, 2.24) is 10.3 Å². The van der Waals surface area contributed by atoms with Gasteiger partial charge in [0, 0.05) is 25.3 Å². The molecule has 5 nitrogen and oxygen atoms in total. The van der Waals surface area contributed by atoms with E-state index in [-0.39, 0.29) is 29.6 Å². The van der Waals surface area contributed by atoms with Gasteiger partial charge in [0.05, 0.1) is 0 Å². The maximum absolute atomic E-state index is 12.0. The van der Waals surface area contributed by atoms with Crippen LogP contribution in [0.3, 0.4) is 0 Å². The average molecular weight is 272 g/mol. The van der Waals surface area contributed by atoms with Gasteiger partial charge in [-0.2, -0.15) is 0 Å². The number of anilines is 1. The summed E-state index contributed by atoms with van der Waals surface area (Å²) in [6, 6.07) is 3.01. The molecule has 0 aliphatic rings. The smallest absolute Gasteiger partial charge is 0.251 e. The summed E-state index contributed by atoms with van der Waals surface area (Å²) in [4.78, 5) is 16.0. The van der Waals surface area contributed by atoms with Gasteiger partial charge in [-0.3, -0.25) is 4.79 Å². The van der Waals surface area contributed by atoms with Crippen molar-refractivity contribution < 1.29 is 9.90 Å². The highest BCUT2D eigenvalue weighted by Crippen LogP contribution is 2.14. The lowest BCUT2D eigenvalue weighted by atomic mass is 10.0. The number of carbonyl (C=O) groups is 1. The Morgan fingerprint density at radius 2 is 2.17 bits per heavy atom. The topological polar surface area (TPSA) is 74.2 Å². The van der Waals surface area contributed by atoms with Crippen molar-refractivity contribution >= 4 is 23.3 Å². The van der Waals surface area contributed by atoms with Crippen molar-refractivity contribution in [1.29, 1.82) is 0 Å². The van der Waals surface area contributed by atoms with E-state index in [1.807, 2.05) is 13.8 Å². The predicted molar refractivity (Wildman–Crippen MR) is 72.0 cm³/mol. The van der Waals surface area contributed by atoms with Crippen LogP contribution in [0.25, 0.3) is 0 Å². The second-order valence-corrected chi connectivity index (χ2v) is 4.62. The molecule has 100 valence electrons. The van der Waals surface area contributed by atoms with Crippen molar-refractivity contribution in [3.05, 3.63) is 22.8 Å². The van der Waals surface area contributed by atoms with Gasteiger partial charge in [0.1, 0.15) is 11.0 Å². The van der Waals surface area contributed by atoms with E-state index in [9.17, 15) is 4.79 Å². The fourth-order valence-corrected chi connectivity index (χ4v) is 1.56. The number of aromatic nitrogens is 1. The van der Waals surface area contributed by atoms with Crippen LogP contribution >= 0.6 is 11.6 Å². The highest BCUT2D eigenvalue weighted by atomic mass is 35.5. The summed E-state index contributed by atoms with van der Waals surface area (Å²) < 4.78 is 0. The summed E-state index contributed by atoms with van der Waals surface area (Å²) in [5.74, 6) is 0.300. The van der Waals surface area contributed by atoms with Gasteiger partial charge in [-0.25, -0.2) is 4.98 Å². The first-order valence-electron chi connectivity index (χ1n) is 5.75. The first kappa shape index (κ1) is 14.7. The molecule has 0 spiro atoms. The second kappa shape index (κ2) is 6.56. The molecule has 2 atom stereocenters. The van der Waals surface area contributed by atoms with Crippen LogP contribution in [0.15, 0.2) is 12.1 Å². The number of hydrogen-bond donors (Lipinski definition) is 3. The van der Waals surface area contributed by atoms with Crippen LogP contribution in [-0.2, 0) is 0 Å². The highest BCUT2D eigenvalue weighted by Gasteiger charge is 2.16. The molecular formula is C12H18ClN3O2. The Bertz CT molecular complexity index is 426. The van der Waals surface area contributed by atoms with Gasteiger partial charge in [0.25, 0.3) is 5.91 Å². The molecule has 6 heteroatoms. The number of hydrogen-bond acceptors (Lipinski definition) is 4. The van der Waals surface area contributed by atoms with Gasteiger partial charge in [-0.15, -0.1) is 0 Å². The number of carbonyl (C=O) groups excluding carboxylic acids is 1. The maximum atomic E-state index is 12.0. The Labute approximate surface area is 112 Å². The Morgan fingerprint density at radius 1 is 1.50 bits per heavy atom. The molecule has 1 heterocycles. The highest BCUT2D eigenvalue weighted by molar-refractivity contribution is 6.29. The Hall–Kier alpha value is -1.33. The van der Waals surface area contributed by atoms with Crippen LogP contribution in [0.5, 0.6) is 0 Å². The molecule has 0 fully saturated rings. The maximum Gasteiger partial charge on any atom is 0.251 e. The Morgan fingerprint density at radius 3 is 2.72 bits per heavy atom. The molecule has 0 bridgehead atoms. The van der Waals surface area contributed by atoms with Gasteiger partial charge in [0.15, 0.2) is 0 Å². The lowest BCUT2D eigenvalue weighted by Gasteiger charge is -2.19. The lowest BCUT2D eigenvalue weighted by molar-refractivity contribution is 0.0916. The van der Waals surface area contributed by atoms with Crippen LogP contribution < -0.4 is 10.6 Å². The summed E-state index contributed by atoms with van der Waals surface area (Å²) >= 11 is 5.83. The third-order valence-corrected chi connectivity index (χ3v) is 3.01. The van der Waals surface area contributed by atoms with E-state index in [2.05, 4.69) is 15.6 Å². The predicted octanol–water partition coefficient (Wildman–Crippen LogP) is 1.52. The van der Waals surface area contributed by atoms with Gasteiger partial charge in [-0.05, 0) is 25.0 Å². The van der Waals surface area contributed by atoms with E-state index in [0.717, 1.165) is 0 Å². The molecule has 1 rings (SSSR count). The van der Waals surface area contributed by atoms with Crippen molar-refractivity contribution in [2.75, 3.05) is 19.0 Å². The summed E-state index contributed by atoms with van der Waals surface area (Å²) in [6.07, 6.45) is 0. The number of aliphatic hydroxyl groups is 1. The molecule has 18 heavy (non-hydrogen) atoms. The van der Waals surface area contributed by atoms with Crippen LogP contribution in [0.2, 0.25) is 5.15 Å². The van der Waals surface area contributed by atoms with Crippen molar-refractivity contribution in [3.63, 3.8) is 0 Å². The molecule has 3 N–H and O–H groups in total. The number of halogens is 1. The molecule has 0 aliphatic heterocycles. The first-order valence-corrected chi connectivity index (χ1v) is 6.12. The zero-order valence-corrected chi connectivity index (χ0v) is 11.5. The lowest BCUT2D eigenvalue weighted by Crippen LogP contribution is -2.38. The molecule has 0 radical (unpaired) electrons. The average Bonchev–Trinajstić information content (AvgIpc) is 2.36. The summed E-state index contributed by atoms with van der Waals surface area (Å²) in [5, 5.41) is 14.9. The third-order valence-electron chi connectivity index (χ3n) is 2.81. The van der Waals surface area contributed by atoms with E-state index < -0.39 is 0 Å². The van der Waals surface area contributed by atoms with Gasteiger partial charge in [-0.1, -0.05) is 18.5 Å². The molecule has 0 aliphatic carbocycles. The van der Waals surface area contributed by atoms with Crippen LogP contribution in [0.4, 0.5) is 5.82 Å². The van der Waals surface area contributed by atoms with Gasteiger partial charge >= 0.3 is 0 Å². The number of pyridine rings is 1. The fourth-order valence-electron chi connectivity index (χ4n) is 1.35. The monoisotopic (exact) mass is 271 g/mol. The largest absolute Gasteiger partial charge is 0.396 e. The molecule has 0 aromatic carbocycles. The van der Waals surface area contributed by atoms with Crippen LogP contribution in [0.1, 0.15) is 24.2 Å². The van der Waals surface area contributed by atoms with Gasteiger partial charge in [0.2, 0.25) is 0 Å². The standard InChI is InChI=1S/C12H18ClN3O2/c1-7(6-17)8(2)15-12(18)9-4-10(13)16-11(5-9)14-3/h4-5,7-8,17H,6H2,1-3H3,(H,14,16)(H,15,18). The Balaban J connectivity index is 2.81. The van der Waals surface area contributed by atoms with Crippen molar-refractivity contribution in [2.24, 2.45) is 5.92 Å².